The van der Waals surface area contributed by atoms with E-state index in [1.54, 1.807) is 6.92 Å². The number of thioether (sulfide) groups is 1. The van der Waals surface area contributed by atoms with Gasteiger partial charge in [0.1, 0.15) is 17.1 Å². The summed E-state index contributed by atoms with van der Waals surface area (Å²) < 4.78 is 13.6. The first-order valence-corrected chi connectivity index (χ1v) is 6.80. The van der Waals surface area contributed by atoms with E-state index in [9.17, 15) is 19.3 Å². The molecule has 3 N–H and O–H groups in total. The summed E-state index contributed by atoms with van der Waals surface area (Å²) in [6.07, 6.45) is 1.87. The van der Waals surface area contributed by atoms with E-state index in [0.29, 0.717) is 5.75 Å². The number of anilines is 1. The minimum atomic E-state index is -0.878. The Labute approximate surface area is 113 Å². The molecule has 0 heterocycles. The maximum Gasteiger partial charge on any atom is 0.293 e. The number of carbonyl (C=O) groups excluding carboxylic acids is 1. The summed E-state index contributed by atoms with van der Waals surface area (Å²) in [5, 5.41) is 13.2. The summed E-state index contributed by atoms with van der Waals surface area (Å²) in [6, 6.07) is 1.61. The predicted molar refractivity (Wildman–Crippen MR) is 72.8 cm³/mol. The molecule has 0 aliphatic heterocycles. The highest BCUT2D eigenvalue weighted by Crippen LogP contribution is 2.27. The number of rotatable bonds is 5. The first-order chi connectivity index (χ1) is 8.88. The van der Waals surface area contributed by atoms with Crippen LogP contribution in [0, 0.1) is 15.9 Å². The highest BCUT2D eigenvalue weighted by molar-refractivity contribution is 7.98. The van der Waals surface area contributed by atoms with Gasteiger partial charge in [0.15, 0.2) is 0 Å². The lowest BCUT2D eigenvalue weighted by Crippen LogP contribution is -2.35. The topological polar surface area (TPSA) is 98.3 Å². The number of amides is 1. The van der Waals surface area contributed by atoms with E-state index in [-0.39, 0.29) is 6.04 Å². The molecule has 1 aromatic carbocycles. The molecule has 0 fully saturated rings. The van der Waals surface area contributed by atoms with Gasteiger partial charge in [0, 0.05) is 17.9 Å². The number of nitro groups is 1. The van der Waals surface area contributed by atoms with Crippen LogP contribution in [0.5, 0.6) is 0 Å². The maximum atomic E-state index is 13.6. The number of nitrogens with zero attached hydrogens (tertiary/aromatic N) is 1. The van der Waals surface area contributed by atoms with Crippen molar-refractivity contribution in [3.05, 3.63) is 33.6 Å². The molecular weight excluding hydrogens is 273 g/mol. The van der Waals surface area contributed by atoms with Gasteiger partial charge in [-0.1, -0.05) is 0 Å². The standard InChI is InChI=1S/C11H14FN3O3S/c1-6(5-19-2)14-11(16)9-7(12)3-4-8(10(9)13)15(17)18/h3-4,6H,5,13H2,1-2H3,(H,14,16). The second-order valence-electron chi connectivity index (χ2n) is 3.94. The van der Waals surface area contributed by atoms with Crippen molar-refractivity contribution in [1.29, 1.82) is 0 Å². The van der Waals surface area contributed by atoms with Gasteiger partial charge in [0.25, 0.3) is 11.6 Å². The number of hydrogen-bond donors (Lipinski definition) is 2. The van der Waals surface area contributed by atoms with Crippen molar-refractivity contribution in [2.24, 2.45) is 0 Å². The zero-order chi connectivity index (χ0) is 14.6. The monoisotopic (exact) mass is 287 g/mol. The highest BCUT2D eigenvalue weighted by Gasteiger charge is 2.24. The maximum absolute atomic E-state index is 13.6. The van der Waals surface area contributed by atoms with E-state index >= 15 is 0 Å². The molecule has 1 rings (SSSR count). The molecule has 19 heavy (non-hydrogen) atoms. The Morgan fingerprint density at radius 1 is 1.63 bits per heavy atom. The molecular formula is C11H14FN3O3S. The van der Waals surface area contributed by atoms with Crippen LogP contribution in [0.25, 0.3) is 0 Å². The van der Waals surface area contributed by atoms with Gasteiger partial charge in [-0.05, 0) is 19.2 Å². The molecule has 8 heteroatoms. The van der Waals surface area contributed by atoms with Crippen LogP contribution in [0.3, 0.4) is 0 Å². The average Bonchev–Trinajstić information content (AvgIpc) is 2.28. The van der Waals surface area contributed by atoms with Gasteiger partial charge in [-0.15, -0.1) is 0 Å². The summed E-state index contributed by atoms with van der Waals surface area (Å²) in [5.41, 5.74) is 4.06. The molecule has 0 saturated carbocycles. The number of nitrogens with two attached hydrogens (primary N) is 1. The number of benzene rings is 1. The number of carbonyl (C=O) groups is 1. The Morgan fingerprint density at radius 2 is 2.26 bits per heavy atom. The van der Waals surface area contributed by atoms with Crippen LogP contribution >= 0.6 is 11.8 Å². The quantitative estimate of drug-likeness (QED) is 0.489. The van der Waals surface area contributed by atoms with Crippen LogP contribution in [0.4, 0.5) is 15.8 Å². The van der Waals surface area contributed by atoms with E-state index in [1.165, 1.54) is 11.8 Å². The van der Waals surface area contributed by atoms with Gasteiger partial charge >= 0.3 is 0 Å². The second-order valence-corrected chi connectivity index (χ2v) is 4.85. The van der Waals surface area contributed by atoms with Crippen LogP contribution in [0.1, 0.15) is 17.3 Å². The molecule has 1 aromatic rings. The smallest absolute Gasteiger partial charge is 0.293 e. The van der Waals surface area contributed by atoms with E-state index in [0.717, 1.165) is 12.1 Å². The lowest BCUT2D eigenvalue weighted by molar-refractivity contribution is -0.384. The molecule has 1 atom stereocenters. The molecule has 0 bridgehead atoms. The van der Waals surface area contributed by atoms with Crippen LogP contribution in [-0.2, 0) is 0 Å². The van der Waals surface area contributed by atoms with Gasteiger partial charge in [0.05, 0.1) is 4.92 Å². The summed E-state index contributed by atoms with van der Waals surface area (Å²) in [7, 11) is 0. The molecule has 1 amide bonds. The van der Waals surface area contributed by atoms with Crippen molar-refractivity contribution in [2.75, 3.05) is 17.7 Å². The van der Waals surface area contributed by atoms with Crippen LogP contribution < -0.4 is 11.1 Å². The lowest BCUT2D eigenvalue weighted by Gasteiger charge is -2.14. The summed E-state index contributed by atoms with van der Waals surface area (Å²) in [4.78, 5) is 21.8. The average molecular weight is 287 g/mol. The second kappa shape index (κ2) is 6.37. The number of hydrogen-bond acceptors (Lipinski definition) is 5. The van der Waals surface area contributed by atoms with Crippen LogP contribution in [0.2, 0.25) is 0 Å². The van der Waals surface area contributed by atoms with Gasteiger partial charge in [-0.3, -0.25) is 14.9 Å². The lowest BCUT2D eigenvalue weighted by atomic mass is 10.1. The summed E-state index contributed by atoms with van der Waals surface area (Å²) in [6.45, 7) is 1.75. The highest BCUT2D eigenvalue weighted by atomic mass is 32.2. The molecule has 1 unspecified atom stereocenters. The van der Waals surface area contributed by atoms with Crippen molar-refractivity contribution < 1.29 is 14.1 Å². The third-order valence-corrected chi connectivity index (χ3v) is 3.22. The molecule has 0 spiro atoms. The van der Waals surface area contributed by atoms with E-state index in [4.69, 9.17) is 5.73 Å². The third kappa shape index (κ3) is 3.57. The first kappa shape index (κ1) is 15.2. The van der Waals surface area contributed by atoms with Crippen molar-refractivity contribution >= 4 is 29.0 Å². The molecule has 0 aliphatic carbocycles. The molecule has 6 nitrogen and oxygen atoms in total. The normalized spacial score (nSPS) is 11.9. The van der Waals surface area contributed by atoms with E-state index < -0.39 is 33.6 Å². The summed E-state index contributed by atoms with van der Waals surface area (Å²) in [5.74, 6) is -0.987. The predicted octanol–water partition coefficient (Wildman–Crippen LogP) is 1.80. The Hall–Kier alpha value is -1.83. The summed E-state index contributed by atoms with van der Waals surface area (Å²) >= 11 is 1.52. The molecule has 0 radical (unpaired) electrons. The van der Waals surface area contributed by atoms with Crippen molar-refractivity contribution in [3.63, 3.8) is 0 Å². The third-order valence-electron chi connectivity index (χ3n) is 2.39. The Morgan fingerprint density at radius 3 is 2.79 bits per heavy atom. The Bertz CT molecular complexity index is 510. The SMILES string of the molecule is CSCC(C)NC(=O)c1c(F)ccc([N+](=O)[O-])c1N. The largest absolute Gasteiger partial charge is 0.392 e. The minimum absolute atomic E-state index is 0.194. The van der Waals surface area contributed by atoms with Crippen molar-refractivity contribution in [2.45, 2.75) is 13.0 Å². The van der Waals surface area contributed by atoms with Crippen LogP contribution in [-0.4, -0.2) is 28.9 Å². The minimum Gasteiger partial charge on any atom is -0.392 e. The fraction of sp³-hybridized carbons (Fsp3) is 0.364. The molecule has 0 aromatic heterocycles. The van der Waals surface area contributed by atoms with Gasteiger partial charge in [-0.25, -0.2) is 4.39 Å². The number of halogens is 1. The van der Waals surface area contributed by atoms with E-state index in [1.807, 2.05) is 6.26 Å². The Balaban J connectivity index is 3.09. The number of nitrogens with one attached hydrogen (secondary N) is 1. The van der Waals surface area contributed by atoms with Crippen molar-refractivity contribution in [1.82, 2.24) is 5.32 Å². The van der Waals surface area contributed by atoms with Gasteiger partial charge < -0.3 is 11.1 Å². The molecule has 104 valence electrons. The van der Waals surface area contributed by atoms with Gasteiger partial charge in [0.2, 0.25) is 0 Å². The number of nitro benzene ring substituents is 1. The van der Waals surface area contributed by atoms with Gasteiger partial charge in [-0.2, -0.15) is 11.8 Å². The number of nitrogen functional groups attached to an aromatic ring is 1. The van der Waals surface area contributed by atoms with E-state index in [2.05, 4.69) is 5.32 Å². The Kier molecular flexibility index (Phi) is 5.11. The zero-order valence-corrected chi connectivity index (χ0v) is 11.3. The molecule has 0 saturated heterocycles. The fourth-order valence-corrected chi connectivity index (χ4v) is 2.14. The zero-order valence-electron chi connectivity index (χ0n) is 10.5. The first-order valence-electron chi connectivity index (χ1n) is 5.40. The van der Waals surface area contributed by atoms with Crippen molar-refractivity contribution in [3.8, 4) is 0 Å². The molecule has 0 aliphatic rings. The van der Waals surface area contributed by atoms with Crippen LogP contribution in [0.15, 0.2) is 12.1 Å². The fourth-order valence-electron chi connectivity index (χ4n) is 1.56.